The van der Waals surface area contributed by atoms with Crippen LogP contribution in [0.1, 0.15) is 43.1 Å². The number of hydrogen-bond donors (Lipinski definition) is 1. The molecule has 2 aliphatic rings. The average Bonchev–Trinajstić information content (AvgIpc) is 2.72. The number of imide groups is 1. The van der Waals surface area contributed by atoms with Crippen molar-refractivity contribution >= 4 is 29.1 Å². The van der Waals surface area contributed by atoms with E-state index in [1.165, 1.54) is 6.92 Å². The number of ketones is 2. The minimum atomic E-state index is -0.868. The van der Waals surface area contributed by atoms with Gasteiger partial charge < -0.3 is 5.32 Å². The zero-order chi connectivity index (χ0) is 18.5. The number of benzene rings is 1. The number of anilines is 1. The molecule has 1 saturated heterocycles. The molecule has 6 heteroatoms. The maximum atomic E-state index is 13.1. The van der Waals surface area contributed by atoms with Gasteiger partial charge in [0.1, 0.15) is 11.7 Å². The monoisotopic (exact) mass is 342 g/mol. The van der Waals surface area contributed by atoms with Crippen molar-refractivity contribution in [1.29, 1.82) is 0 Å². The molecule has 2 amide bonds. The van der Waals surface area contributed by atoms with Gasteiger partial charge in [-0.15, -0.1) is 0 Å². The fraction of sp³-hybridized carbons (Fsp3) is 0.474. The predicted octanol–water partition coefficient (Wildman–Crippen LogP) is 1.83. The smallest absolute Gasteiger partial charge is 0.241 e. The van der Waals surface area contributed by atoms with Crippen molar-refractivity contribution in [3.05, 3.63) is 29.3 Å². The first kappa shape index (κ1) is 17.3. The lowest BCUT2D eigenvalue weighted by Crippen LogP contribution is -2.48. The largest absolute Gasteiger partial charge is 0.388 e. The van der Waals surface area contributed by atoms with Crippen molar-refractivity contribution in [3.8, 4) is 0 Å². The van der Waals surface area contributed by atoms with Crippen LogP contribution >= 0.6 is 0 Å². The Labute approximate surface area is 146 Å². The third-order valence-electron chi connectivity index (χ3n) is 5.41. The van der Waals surface area contributed by atoms with Crippen molar-refractivity contribution in [3.63, 3.8) is 0 Å². The van der Waals surface area contributed by atoms with E-state index in [-0.39, 0.29) is 23.9 Å². The molecule has 132 valence electrons. The molecule has 1 aliphatic carbocycles. The standard InChI is InChI=1S/C19H22N2O4/c1-10(22)8-14(23)21-18(25)16-12(19(21,2)3)9-11-6-5-7-13(20-4)15(11)17(16)24/h5-7,12,16,20H,8-9H2,1-4H3/t12-,16-/m1/s1. The number of amides is 2. The molecule has 1 heterocycles. The van der Waals surface area contributed by atoms with E-state index in [1.54, 1.807) is 27.0 Å². The fourth-order valence-electron chi connectivity index (χ4n) is 4.23. The first-order chi connectivity index (χ1) is 11.7. The van der Waals surface area contributed by atoms with Gasteiger partial charge in [-0.25, -0.2) is 0 Å². The highest BCUT2D eigenvalue weighted by Crippen LogP contribution is 2.47. The number of carbonyl (C=O) groups is 4. The van der Waals surface area contributed by atoms with Crippen LogP contribution in [-0.2, 0) is 20.8 Å². The van der Waals surface area contributed by atoms with Crippen molar-refractivity contribution in [1.82, 2.24) is 4.90 Å². The molecule has 0 bridgehead atoms. The second kappa shape index (κ2) is 5.79. The number of fused-ring (bicyclic) bond motifs is 2. The highest BCUT2D eigenvalue weighted by Gasteiger charge is 2.59. The van der Waals surface area contributed by atoms with E-state index in [2.05, 4.69) is 5.32 Å². The first-order valence-electron chi connectivity index (χ1n) is 8.40. The minimum Gasteiger partial charge on any atom is -0.388 e. The number of hydrogen-bond acceptors (Lipinski definition) is 5. The summed E-state index contributed by atoms with van der Waals surface area (Å²) >= 11 is 0. The van der Waals surface area contributed by atoms with Gasteiger partial charge >= 0.3 is 0 Å². The quantitative estimate of drug-likeness (QED) is 0.847. The summed E-state index contributed by atoms with van der Waals surface area (Å²) < 4.78 is 0. The van der Waals surface area contributed by atoms with Crippen molar-refractivity contribution in [2.24, 2.45) is 11.8 Å². The summed E-state index contributed by atoms with van der Waals surface area (Å²) in [4.78, 5) is 51.0. The van der Waals surface area contributed by atoms with E-state index in [4.69, 9.17) is 0 Å². The summed E-state index contributed by atoms with van der Waals surface area (Å²) in [6, 6.07) is 5.58. The van der Waals surface area contributed by atoms with Gasteiger partial charge in [0.15, 0.2) is 5.78 Å². The first-order valence-corrected chi connectivity index (χ1v) is 8.40. The molecule has 1 aromatic carbocycles. The second-order valence-electron chi connectivity index (χ2n) is 7.34. The topological polar surface area (TPSA) is 83.6 Å². The van der Waals surface area contributed by atoms with E-state index < -0.39 is 23.3 Å². The van der Waals surface area contributed by atoms with Gasteiger partial charge in [0, 0.05) is 29.8 Å². The van der Waals surface area contributed by atoms with Gasteiger partial charge in [-0.2, -0.15) is 0 Å². The molecule has 0 radical (unpaired) electrons. The van der Waals surface area contributed by atoms with Gasteiger partial charge in [0.25, 0.3) is 0 Å². The second-order valence-corrected chi connectivity index (χ2v) is 7.34. The Bertz CT molecular complexity index is 797. The predicted molar refractivity (Wildman–Crippen MR) is 92.2 cm³/mol. The van der Waals surface area contributed by atoms with Crippen molar-refractivity contribution < 1.29 is 19.2 Å². The molecule has 1 fully saturated rings. The Morgan fingerprint density at radius 1 is 1.28 bits per heavy atom. The summed E-state index contributed by atoms with van der Waals surface area (Å²) in [7, 11) is 1.73. The molecular weight excluding hydrogens is 320 g/mol. The number of nitrogens with one attached hydrogen (secondary N) is 1. The number of nitrogens with zero attached hydrogens (tertiary/aromatic N) is 1. The van der Waals surface area contributed by atoms with Crippen LogP contribution in [-0.4, -0.2) is 40.9 Å². The molecule has 1 aromatic rings. The van der Waals surface area contributed by atoms with Crippen LogP contribution in [0.3, 0.4) is 0 Å². The summed E-state index contributed by atoms with van der Waals surface area (Å²) in [5, 5.41) is 3.00. The van der Waals surface area contributed by atoms with Crippen LogP contribution < -0.4 is 5.32 Å². The molecular formula is C19H22N2O4. The number of carbonyl (C=O) groups excluding carboxylic acids is 4. The lowest BCUT2D eigenvalue weighted by molar-refractivity contribution is -0.147. The highest BCUT2D eigenvalue weighted by atomic mass is 16.2. The van der Waals surface area contributed by atoms with Crippen molar-refractivity contribution in [2.75, 3.05) is 12.4 Å². The van der Waals surface area contributed by atoms with E-state index in [9.17, 15) is 19.2 Å². The Hall–Kier alpha value is -2.50. The molecule has 3 rings (SSSR count). The Balaban J connectivity index is 2.07. The molecule has 6 nitrogen and oxygen atoms in total. The van der Waals surface area contributed by atoms with Gasteiger partial charge in [0.2, 0.25) is 11.8 Å². The van der Waals surface area contributed by atoms with Crippen molar-refractivity contribution in [2.45, 2.75) is 39.2 Å². The number of likely N-dealkylation sites (tertiary alicyclic amines) is 1. The van der Waals surface area contributed by atoms with Crippen LogP contribution in [0.4, 0.5) is 5.69 Å². The normalized spacial score (nSPS) is 23.9. The molecule has 1 N–H and O–H groups in total. The third kappa shape index (κ3) is 2.47. The van der Waals surface area contributed by atoms with Gasteiger partial charge in [-0.05, 0) is 38.8 Å². The number of rotatable bonds is 3. The Morgan fingerprint density at radius 3 is 2.56 bits per heavy atom. The summed E-state index contributed by atoms with van der Waals surface area (Å²) in [5.41, 5.74) is 1.31. The fourth-order valence-corrected chi connectivity index (χ4v) is 4.23. The Kier molecular flexibility index (Phi) is 4.01. The van der Waals surface area contributed by atoms with Gasteiger partial charge in [-0.1, -0.05) is 12.1 Å². The molecule has 2 atom stereocenters. The molecule has 25 heavy (non-hydrogen) atoms. The lowest BCUT2D eigenvalue weighted by atomic mass is 9.70. The molecule has 1 aliphatic heterocycles. The zero-order valence-electron chi connectivity index (χ0n) is 14.9. The molecule has 0 saturated carbocycles. The van der Waals surface area contributed by atoms with E-state index in [1.807, 2.05) is 12.1 Å². The zero-order valence-corrected chi connectivity index (χ0v) is 14.9. The van der Waals surface area contributed by atoms with Gasteiger partial charge in [0.05, 0.1) is 6.42 Å². The Morgan fingerprint density at radius 2 is 1.96 bits per heavy atom. The van der Waals surface area contributed by atoms with E-state index in [0.29, 0.717) is 17.7 Å². The van der Waals surface area contributed by atoms with Crippen LogP contribution in [0.2, 0.25) is 0 Å². The van der Waals surface area contributed by atoms with Crippen LogP contribution in [0, 0.1) is 11.8 Å². The van der Waals surface area contributed by atoms with Gasteiger partial charge in [-0.3, -0.25) is 24.1 Å². The maximum Gasteiger partial charge on any atom is 0.241 e. The van der Waals surface area contributed by atoms with Crippen LogP contribution in [0.15, 0.2) is 18.2 Å². The summed E-state index contributed by atoms with van der Waals surface area (Å²) in [5.74, 6) is -2.70. The van der Waals surface area contributed by atoms with E-state index >= 15 is 0 Å². The molecule has 0 spiro atoms. The SMILES string of the molecule is CNc1cccc2c1C(=O)[C@@H]1C(=O)N(C(=O)CC(C)=O)C(C)(C)[C@@H]1C2. The van der Waals surface area contributed by atoms with Crippen LogP contribution in [0.25, 0.3) is 0 Å². The molecule has 0 aromatic heterocycles. The molecule has 0 unspecified atom stereocenters. The lowest BCUT2D eigenvalue weighted by Gasteiger charge is -2.36. The highest BCUT2D eigenvalue weighted by molar-refractivity contribution is 6.19. The van der Waals surface area contributed by atoms with E-state index in [0.717, 1.165) is 10.5 Å². The third-order valence-corrected chi connectivity index (χ3v) is 5.41. The maximum absolute atomic E-state index is 13.1. The average molecular weight is 342 g/mol. The minimum absolute atomic E-state index is 0.243. The summed E-state index contributed by atoms with van der Waals surface area (Å²) in [6.45, 7) is 4.92. The summed E-state index contributed by atoms with van der Waals surface area (Å²) in [6.07, 6.45) is 0.224. The number of Topliss-reactive ketones (excluding diaryl/α,β-unsaturated/α-hetero) is 2. The van der Waals surface area contributed by atoms with Crippen LogP contribution in [0.5, 0.6) is 0 Å².